The number of carbonyl (C=O) groups excluding carboxylic acids is 4. The Kier molecular flexibility index (Phi) is 36.6. The van der Waals surface area contributed by atoms with Crippen LogP contribution < -0.4 is 20.8 Å². The van der Waals surface area contributed by atoms with Crippen LogP contribution in [0.15, 0.2) is 0 Å². The van der Waals surface area contributed by atoms with Crippen LogP contribution in [-0.4, -0.2) is 73.6 Å². The van der Waals surface area contributed by atoms with E-state index in [1.54, 1.807) is 0 Å². The fourth-order valence-electron chi connectivity index (χ4n) is 4.66. The molecule has 8 nitrogen and oxygen atoms in total. The van der Waals surface area contributed by atoms with Gasteiger partial charge in [0.25, 0.3) is 0 Å². The van der Waals surface area contributed by atoms with E-state index in [2.05, 4.69) is 24.5 Å². The van der Waals surface area contributed by atoms with Crippen molar-refractivity contribution in [2.24, 2.45) is 0 Å². The number of hydrogen-bond acceptors (Lipinski definition) is 6. The average molecular weight is 609 g/mol. The first-order valence-electron chi connectivity index (χ1n) is 16.1. The topological polar surface area (TPSA) is 138 Å². The van der Waals surface area contributed by atoms with Gasteiger partial charge in [0.1, 0.15) is 0 Å². The Balaban J connectivity index is -0.000000688. The second kappa shape index (κ2) is 33.6. The molecule has 0 aromatic rings. The summed E-state index contributed by atoms with van der Waals surface area (Å²) in [7, 11) is 0. The van der Waals surface area contributed by atoms with Gasteiger partial charge >= 0.3 is 37.7 Å². The van der Waals surface area contributed by atoms with E-state index in [0.717, 1.165) is 38.5 Å². The van der Waals surface area contributed by atoms with Gasteiger partial charge in [0.2, 0.25) is 11.8 Å². The Morgan fingerprint density at radius 2 is 0.683 bits per heavy atom. The SMILES string of the molecule is CCCCCCCCCCCCC(NC(C)=O)C(=O)[O-].CCCCCCCCCCCCC(NC(C)=O)C(=O)[O-].[Ca+2]. The van der Waals surface area contributed by atoms with Crippen LogP contribution in [0.2, 0.25) is 0 Å². The first-order chi connectivity index (χ1) is 19.1. The Labute approximate surface area is 281 Å². The molecule has 0 radical (unpaired) electrons. The van der Waals surface area contributed by atoms with E-state index in [0.29, 0.717) is 12.8 Å². The van der Waals surface area contributed by atoms with Crippen molar-refractivity contribution >= 4 is 61.5 Å². The molecule has 0 aromatic carbocycles. The van der Waals surface area contributed by atoms with Crippen molar-refractivity contribution in [2.45, 2.75) is 181 Å². The van der Waals surface area contributed by atoms with E-state index in [4.69, 9.17) is 0 Å². The van der Waals surface area contributed by atoms with Crippen molar-refractivity contribution < 1.29 is 29.4 Å². The van der Waals surface area contributed by atoms with Crippen LogP contribution in [0.3, 0.4) is 0 Å². The third-order valence-electron chi connectivity index (χ3n) is 7.02. The van der Waals surface area contributed by atoms with E-state index >= 15 is 0 Å². The third-order valence-corrected chi connectivity index (χ3v) is 7.02. The molecular formula is C32H60CaN2O6. The zero-order valence-electron chi connectivity index (χ0n) is 26.9. The molecule has 0 rings (SSSR count). The molecule has 2 atom stereocenters. The number of unbranched alkanes of at least 4 members (excludes halogenated alkanes) is 18. The summed E-state index contributed by atoms with van der Waals surface area (Å²) in [6, 6.07) is -1.66. The van der Waals surface area contributed by atoms with Gasteiger partial charge in [0, 0.05) is 13.8 Å². The van der Waals surface area contributed by atoms with Gasteiger partial charge in [-0.2, -0.15) is 0 Å². The van der Waals surface area contributed by atoms with Crippen molar-refractivity contribution in [1.82, 2.24) is 10.6 Å². The molecule has 0 heterocycles. The smallest absolute Gasteiger partial charge is 0.548 e. The van der Waals surface area contributed by atoms with Crippen LogP contribution in [0.1, 0.15) is 169 Å². The van der Waals surface area contributed by atoms with Crippen molar-refractivity contribution in [3.05, 3.63) is 0 Å². The first kappa shape index (κ1) is 44.6. The minimum Gasteiger partial charge on any atom is -0.548 e. The molecule has 0 fully saturated rings. The predicted molar refractivity (Wildman–Crippen MR) is 164 cm³/mol. The van der Waals surface area contributed by atoms with Crippen LogP contribution in [0.4, 0.5) is 0 Å². The molecule has 41 heavy (non-hydrogen) atoms. The number of aliphatic carboxylic acids is 2. The second-order valence-electron chi connectivity index (χ2n) is 11.1. The summed E-state index contributed by atoms with van der Waals surface area (Å²) in [5, 5.41) is 26.4. The minimum atomic E-state index is -1.18. The molecule has 0 aliphatic rings. The molecule has 0 aliphatic heterocycles. The van der Waals surface area contributed by atoms with Crippen molar-refractivity contribution in [1.29, 1.82) is 0 Å². The Bertz CT molecular complexity index is 594. The molecule has 9 heteroatoms. The van der Waals surface area contributed by atoms with Crippen LogP contribution >= 0.6 is 0 Å². The summed E-state index contributed by atoms with van der Waals surface area (Å²) in [4.78, 5) is 43.3. The van der Waals surface area contributed by atoms with Gasteiger partial charge in [-0.05, 0) is 12.8 Å². The normalized spacial score (nSPS) is 11.8. The fraction of sp³-hybridized carbons (Fsp3) is 0.875. The van der Waals surface area contributed by atoms with E-state index < -0.39 is 24.0 Å². The number of nitrogens with one attached hydrogen (secondary N) is 2. The number of carbonyl (C=O) groups is 4. The molecule has 0 aliphatic carbocycles. The largest absolute Gasteiger partial charge is 2.00 e. The first-order valence-corrected chi connectivity index (χ1v) is 16.1. The van der Waals surface area contributed by atoms with E-state index in [1.807, 2.05) is 0 Å². The molecule has 0 aromatic heterocycles. The van der Waals surface area contributed by atoms with Gasteiger partial charge in [0.15, 0.2) is 0 Å². The molecule has 2 N–H and O–H groups in total. The second-order valence-corrected chi connectivity index (χ2v) is 11.1. The van der Waals surface area contributed by atoms with E-state index in [9.17, 15) is 29.4 Å². The Morgan fingerprint density at radius 1 is 0.463 bits per heavy atom. The fourth-order valence-corrected chi connectivity index (χ4v) is 4.66. The van der Waals surface area contributed by atoms with Crippen molar-refractivity contribution in [3.63, 3.8) is 0 Å². The third kappa shape index (κ3) is 35.2. The monoisotopic (exact) mass is 608 g/mol. The summed E-state index contributed by atoms with van der Waals surface area (Å²) >= 11 is 0. The van der Waals surface area contributed by atoms with Gasteiger partial charge in [-0.3, -0.25) is 9.59 Å². The van der Waals surface area contributed by atoms with Crippen LogP contribution in [0, 0.1) is 0 Å². The molecule has 2 amide bonds. The van der Waals surface area contributed by atoms with Gasteiger partial charge in [-0.25, -0.2) is 0 Å². The van der Waals surface area contributed by atoms with Gasteiger partial charge in [-0.1, -0.05) is 142 Å². The zero-order chi connectivity index (χ0) is 30.4. The summed E-state index contributed by atoms with van der Waals surface area (Å²) in [5.41, 5.74) is 0. The minimum absolute atomic E-state index is 0. The maximum absolute atomic E-state index is 10.8. The summed E-state index contributed by atoms with van der Waals surface area (Å²) in [5.74, 6) is -3.00. The van der Waals surface area contributed by atoms with Gasteiger partial charge in [-0.15, -0.1) is 0 Å². The number of carboxylic acid groups (broad SMARTS) is 2. The number of rotatable bonds is 26. The van der Waals surface area contributed by atoms with Crippen molar-refractivity contribution in [2.75, 3.05) is 0 Å². The van der Waals surface area contributed by atoms with Crippen LogP contribution in [-0.2, 0) is 19.2 Å². The average Bonchev–Trinajstić information content (AvgIpc) is 2.89. The zero-order valence-corrected chi connectivity index (χ0v) is 29.1. The maximum Gasteiger partial charge on any atom is 2.00 e. The van der Waals surface area contributed by atoms with E-state index in [1.165, 1.54) is 104 Å². The van der Waals surface area contributed by atoms with E-state index in [-0.39, 0.29) is 49.6 Å². The summed E-state index contributed by atoms with van der Waals surface area (Å²) in [6.07, 6.45) is 25.2. The molecule has 0 bridgehead atoms. The molecule has 2 unspecified atom stereocenters. The number of hydrogen-bond donors (Lipinski definition) is 2. The number of carboxylic acids is 2. The van der Waals surface area contributed by atoms with Gasteiger partial charge in [0.05, 0.1) is 24.0 Å². The molecule has 0 spiro atoms. The predicted octanol–water partition coefficient (Wildman–Crippen LogP) is 4.72. The standard InChI is InChI=1S/2C16H31NO3.Ca/c2*1-3-4-5-6-7-8-9-10-11-12-13-15(16(19)20)17-14(2)18;/h2*15H,3-13H2,1-2H3,(H,17,18)(H,19,20);/q;;+2/p-2. The van der Waals surface area contributed by atoms with Gasteiger partial charge < -0.3 is 30.4 Å². The molecule has 236 valence electrons. The molecule has 0 saturated carbocycles. The maximum atomic E-state index is 10.8. The molecular weight excluding hydrogens is 548 g/mol. The number of amides is 2. The summed E-state index contributed by atoms with van der Waals surface area (Å²) < 4.78 is 0. The van der Waals surface area contributed by atoms with Crippen LogP contribution in [0.25, 0.3) is 0 Å². The van der Waals surface area contributed by atoms with Crippen LogP contribution in [0.5, 0.6) is 0 Å². The van der Waals surface area contributed by atoms with Crippen molar-refractivity contribution in [3.8, 4) is 0 Å². The molecule has 0 saturated heterocycles. The summed E-state index contributed by atoms with van der Waals surface area (Å²) in [6.45, 7) is 7.10. The quantitative estimate of drug-likeness (QED) is 0.108. The Morgan fingerprint density at radius 3 is 0.878 bits per heavy atom. The Hall–Kier alpha value is -0.860.